The fourth-order valence-electron chi connectivity index (χ4n) is 4.97. The maximum absolute atomic E-state index is 13.9. The van der Waals surface area contributed by atoms with E-state index in [9.17, 15) is 19.1 Å². The molecule has 2 aliphatic heterocycles. The number of nitrogens with zero attached hydrogens (tertiary/aromatic N) is 1. The van der Waals surface area contributed by atoms with Crippen LogP contribution in [0.2, 0.25) is 0 Å². The highest BCUT2D eigenvalue weighted by Gasteiger charge is 2.28. The summed E-state index contributed by atoms with van der Waals surface area (Å²) in [7, 11) is 0. The molecule has 3 heterocycles. The van der Waals surface area contributed by atoms with E-state index in [1.165, 1.54) is 12.1 Å². The van der Waals surface area contributed by atoms with E-state index in [2.05, 4.69) is 20.5 Å². The molecule has 0 radical (unpaired) electrons. The molecule has 1 atom stereocenters. The van der Waals surface area contributed by atoms with Crippen molar-refractivity contribution in [1.29, 1.82) is 0 Å². The summed E-state index contributed by atoms with van der Waals surface area (Å²) in [6.07, 6.45) is 3.27. The molecular weight excluding hydrogens is 459 g/mol. The second kappa shape index (κ2) is 10.1. The van der Waals surface area contributed by atoms with Gasteiger partial charge >= 0.3 is 0 Å². The van der Waals surface area contributed by atoms with Crippen LogP contribution in [-0.4, -0.2) is 59.1 Å². The van der Waals surface area contributed by atoms with Crippen molar-refractivity contribution in [3.05, 3.63) is 76.9 Å². The lowest BCUT2D eigenvalue weighted by molar-refractivity contribution is -0.110. The molecule has 1 saturated heterocycles. The van der Waals surface area contributed by atoms with Crippen LogP contribution in [0.5, 0.6) is 0 Å². The van der Waals surface area contributed by atoms with Crippen LogP contribution >= 0.6 is 0 Å². The number of H-pyrrole nitrogens is 1. The Labute approximate surface area is 209 Å². The standard InChI is InChI=1S/C28H29FN4O3/c1-17-12-22(27(35)30-15-20(34)16-33-10-2-3-11-33)25(31-17)14-23-26-21(18-6-4-7-19(29)13-18)8-5-9-24(26)32-28(23)36/h4-9,12-14,20,31,34H,2-3,10-11,15-16H2,1H3,(H,30,35)(H,32,36)/b23-14-. The van der Waals surface area contributed by atoms with Crippen molar-refractivity contribution in [1.82, 2.24) is 15.2 Å². The van der Waals surface area contributed by atoms with Gasteiger partial charge in [-0.3, -0.25) is 9.59 Å². The lowest BCUT2D eigenvalue weighted by atomic mass is 9.94. The number of halogens is 1. The van der Waals surface area contributed by atoms with Gasteiger partial charge in [0.2, 0.25) is 0 Å². The van der Waals surface area contributed by atoms with Gasteiger partial charge in [-0.2, -0.15) is 0 Å². The van der Waals surface area contributed by atoms with E-state index < -0.39 is 6.10 Å². The molecule has 0 bridgehead atoms. The van der Waals surface area contributed by atoms with Gasteiger partial charge in [0, 0.05) is 30.0 Å². The van der Waals surface area contributed by atoms with Crippen LogP contribution in [0.3, 0.4) is 0 Å². The molecule has 1 fully saturated rings. The van der Waals surface area contributed by atoms with Crippen LogP contribution in [-0.2, 0) is 4.79 Å². The number of likely N-dealkylation sites (tertiary alicyclic amines) is 1. The Balaban J connectivity index is 1.42. The molecule has 0 saturated carbocycles. The summed E-state index contributed by atoms with van der Waals surface area (Å²) in [5.74, 6) is -0.990. The van der Waals surface area contributed by atoms with Gasteiger partial charge in [0.25, 0.3) is 11.8 Å². The molecule has 2 amide bonds. The van der Waals surface area contributed by atoms with Gasteiger partial charge in [0.15, 0.2) is 0 Å². The van der Waals surface area contributed by atoms with Gasteiger partial charge in [0.05, 0.1) is 22.9 Å². The van der Waals surface area contributed by atoms with Crippen LogP contribution in [0.25, 0.3) is 22.8 Å². The van der Waals surface area contributed by atoms with Crippen LogP contribution in [0.4, 0.5) is 10.1 Å². The van der Waals surface area contributed by atoms with Crippen LogP contribution in [0.1, 0.15) is 40.2 Å². The highest BCUT2D eigenvalue weighted by atomic mass is 19.1. The molecule has 36 heavy (non-hydrogen) atoms. The van der Waals surface area contributed by atoms with Gasteiger partial charge in [0.1, 0.15) is 5.82 Å². The van der Waals surface area contributed by atoms with Crippen molar-refractivity contribution in [2.75, 3.05) is 31.5 Å². The van der Waals surface area contributed by atoms with Gasteiger partial charge in [-0.25, -0.2) is 4.39 Å². The second-order valence-electron chi connectivity index (χ2n) is 9.40. The summed E-state index contributed by atoms with van der Waals surface area (Å²) in [6, 6.07) is 13.4. The topological polar surface area (TPSA) is 97.5 Å². The lowest BCUT2D eigenvalue weighted by Gasteiger charge is -2.19. The van der Waals surface area contributed by atoms with Gasteiger partial charge < -0.3 is 25.6 Å². The number of rotatable bonds is 7. The third-order valence-electron chi connectivity index (χ3n) is 6.64. The fraction of sp³-hybridized carbons (Fsp3) is 0.286. The smallest absolute Gasteiger partial charge is 0.256 e. The Hall–Kier alpha value is -3.75. The van der Waals surface area contributed by atoms with E-state index in [1.807, 2.05) is 19.1 Å². The molecule has 7 nitrogen and oxygen atoms in total. The van der Waals surface area contributed by atoms with Crippen molar-refractivity contribution in [3.8, 4) is 11.1 Å². The highest BCUT2D eigenvalue weighted by Crippen LogP contribution is 2.40. The number of hydrogen-bond acceptors (Lipinski definition) is 4. The highest BCUT2D eigenvalue weighted by molar-refractivity contribution is 6.36. The number of aromatic nitrogens is 1. The lowest BCUT2D eigenvalue weighted by Crippen LogP contribution is -2.39. The Kier molecular flexibility index (Phi) is 6.71. The number of anilines is 1. The molecule has 8 heteroatoms. The van der Waals surface area contributed by atoms with Crippen LogP contribution in [0.15, 0.2) is 48.5 Å². The summed E-state index contributed by atoms with van der Waals surface area (Å²) in [6.45, 7) is 4.45. The monoisotopic (exact) mass is 488 g/mol. The van der Waals surface area contributed by atoms with E-state index in [1.54, 1.807) is 30.3 Å². The number of aryl methyl sites for hydroxylation is 1. The molecule has 3 aromatic rings. The predicted molar refractivity (Wildman–Crippen MR) is 138 cm³/mol. The number of β-amino-alcohol motifs (C(OH)–C–C–N with tert-alkyl or cyclic N) is 1. The number of carbonyl (C=O) groups is 2. The number of aliphatic hydroxyl groups is 1. The molecule has 0 spiro atoms. The SMILES string of the molecule is Cc1cc(C(=O)NCC(O)CN2CCCC2)c(/C=C2\C(=O)Nc3cccc(-c4cccc(F)c4)c32)[nH]1. The van der Waals surface area contributed by atoms with E-state index in [4.69, 9.17) is 0 Å². The molecular formula is C28H29FN4O3. The van der Waals surface area contributed by atoms with Crippen LogP contribution in [0, 0.1) is 12.7 Å². The zero-order valence-corrected chi connectivity index (χ0v) is 20.1. The van der Waals surface area contributed by atoms with Crippen molar-refractivity contribution >= 4 is 29.2 Å². The maximum atomic E-state index is 13.9. The Morgan fingerprint density at radius 2 is 1.97 bits per heavy atom. The molecule has 2 aliphatic rings. The first kappa shape index (κ1) is 24.0. The Morgan fingerprint density at radius 1 is 1.19 bits per heavy atom. The summed E-state index contributed by atoms with van der Waals surface area (Å²) >= 11 is 0. The first-order valence-corrected chi connectivity index (χ1v) is 12.2. The average molecular weight is 489 g/mol. The fourth-order valence-corrected chi connectivity index (χ4v) is 4.97. The van der Waals surface area contributed by atoms with E-state index in [0.717, 1.165) is 37.2 Å². The maximum Gasteiger partial charge on any atom is 0.256 e. The zero-order chi connectivity index (χ0) is 25.2. The molecule has 1 unspecified atom stereocenters. The van der Waals surface area contributed by atoms with E-state index in [-0.39, 0.29) is 24.2 Å². The number of aliphatic hydroxyl groups excluding tert-OH is 1. The third-order valence-corrected chi connectivity index (χ3v) is 6.64. The number of carbonyl (C=O) groups excluding carboxylic acids is 2. The summed E-state index contributed by atoms with van der Waals surface area (Å²) < 4.78 is 13.9. The number of hydrogen-bond donors (Lipinski definition) is 4. The van der Waals surface area contributed by atoms with Crippen molar-refractivity contribution in [2.45, 2.75) is 25.9 Å². The number of fused-ring (bicyclic) bond motifs is 1. The second-order valence-corrected chi connectivity index (χ2v) is 9.40. The summed E-state index contributed by atoms with van der Waals surface area (Å²) in [5.41, 5.74) is 4.69. The average Bonchev–Trinajstić information content (AvgIpc) is 3.57. The minimum atomic E-state index is -0.657. The van der Waals surface area contributed by atoms with Crippen LogP contribution < -0.4 is 10.6 Å². The Morgan fingerprint density at radius 3 is 2.75 bits per heavy atom. The summed E-state index contributed by atoms with van der Waals surface area (Å²) in [5, 5.41) is 16.0. The summed E-state index contributed by atoms with van der Waals surface area (Å²) in [4.78, 5) is 31.3. The number of aromatic amines is 1. The third kappa shape index (κ3) is 4.96. The quantitative estimate of drug-likeness (QED) is 0.380. The normalized spacial score (nSPS) is 17.3. The first-order chi connectivity index (χ1) is 17.4. The number of benzene rings is 2. The first-order valence-electron chi connectivity index (χ1n) is 12.2. The molecule has 186 valence electrons. The van der Waals surface area contributed by atoms with Gasteiger partial charge in [-0.15, -0.1) is 0 Å². The molecule has 4 N–H and O–H groups in total. The largest absolute Gasteiger partial charge is 0.390 e. The number of amides is 2. The molecule has 5 rings (SSSR count). The van der Waals surface area contributed by atoms with Crippen molar-refractivity contribution in [3.63, 3.8) is 0 Å². The van der Waals surface area contributed by atoms with Gasteiger partial charge in [-0.1, -0.05) is 24.3 Å². The minimum absolute atomic E-state index is 0.141. The van der Waals surface area contributed by atoms with Crippen molar-refractivity contribution in [2.24, 2.45) is 0 Å². The molecule has 1 aromatic heterocycles. The van der Waals surface area contributed by atoms with Crippen molar-refractivity contribution < 1.29 is 19.1 Å². The molecule has 2 aromatic carbocycles. The minimum Gasteiger partial charge on any atom is -0.390 e. The Bertz CT molecular complexity index is 1340. The predicted octanol–water partition coefficient (Wildman–Crippen LogP) is 3.81. The van der Waals surface area contributed by atoms with Gasteiger partial charge in [-0.05, 0) is 74.3 Å². The van der Waals surface area contributed by atoms with E-state index in [0.29, 0.717) is 40.2 Å². The molecule has 0 aliphatic carbocycles. The number of nitrogens with one attached hydrogen (secondary N) is 3. The zero-order valence-electron chi connectivity index (χ0n) is 20.1. The van der Waals surface area contributed by atoms with E-state index >= 15 is 0 Å².